The molecular weight excluding hydrogens is 360 g/mol. The quantitative estimate of drug-likeness (QED) is 0.401. The molecule has 0 bridgehead atoms. The lowest BCUT2D eigenvalue weighted by atomic mass is 10.0. The first kappa shape index (κ1) is 18.7. The minimum absolute atomic E-state index is 0.314. The van der Waals surface area contributed by atoms with E-state index in [1.807, 2.05) is 92.8 Å². The van der Waals surface area contributed by atoms with Crippen LogP contribution >= 0.6 is 0 Å². The Balaban J connectivity index is 1.67. The van der Waals surface area contributed by atoms with Crippen LogP contribution in [0.15, 0.2) is 79.0 Å². The summed E-state index contributed by atoms with van der Waals surface area (Å²) >= 11 is 0. The molecule has 0 aliphatic heterocycles. The molecule has 4 nitrogen and oxygen atoms in total. The first-order chi connectivity index (χ1) is 14.0. The number of hydrogen-bond acceptors (Lipinski definition) is 2. The highest BCUT2D eigenvalue weighted by Gasteiger charge is 2.24. The van der Waals surface area contributed by atoms with E-state index in [2.05, 4.69) is 5.32 Å². The zero-order valence-electron chi connectivity index (χ0n) is 16.5. The van der Waals surface area contributed by atoms with Gasteiger partial charge in [-0.1, -0.05) is 65.7 Å². The molecule has 0 saturated heterocycles. The van der Waals surface area contributed by atoms with Crippen molar-refractivity contribution < 1.29 is 9.59 Å². The van der Waals surface area contributed by atoms with Gasteiger partial charge in [-0.2, -0.15) is 0 Å². The number of carbonyl (C=O) groups excluding carboxylic acids is 2. The van der Waals surface area contributed by atoms with Gasteiger partial charge in [0.05, 0.1) is 0 Å². The van der Waals surface area contributed by atoms with Crippen molar-refractivity contribution in [1.82, 2.24) is 9.72 Å². The van der Waals surface area contributed by atoms with Gasteiger partial charge >= 0.3 is 0 Å². The average Bonchev–Trinajstić information content (AvgIpc) is 3.12. The van der Waals surface area contributed by atoms with Crippen LogP contribution in [0.5, 0.6) is 0 Å². The van der Waals surface area contributed by atoms with Crippen LogP contribution in [0.25, 0.3) is 16.6 Å². The minimum atomic E-state index is -0.609. The number of hydrogen-bond donors (Lipinski definition) is 1. The second-order valence-corrected chi connectivity index (χ2v) is 7.27. The van der Waals surface area contributed by atoms with Crippen molar-refractivity contribution in [3.05, 3.63) is 101 Å². The van der Waals surface area contributed by atoms with Crippen molar-refractivity contribution in [2.45, 2.75) is 20.4 Å². The molecule has 1 N–H and O–H groups in total. The molecular formula is C25H22N2O2. The van der Waals surface area contributed by atoms with Crippen LogP contribution in [0.3, 0.4) is 0 Å². The van der Waals surface area contributed by atoms with Crippen molar-refractivity contribution in [2.75, 3.05) is 0 Å². The number of carbonyl (C=O) groups is 2. The normalized spacial score (nSPS) is 10.8. The molecule has 0 spiro atoms. The van der Waals surface area contributed by atoms with Crippen molar-refractivity contribution in [2.24, 2.45) is 0 Å². The van der Waals surface area contributed by atoms with E-state index in [9.17, 15) is 9.59 Å². The summed E-state index contributed by atoms with van der Waals surface area (Å²) < 4.78 is 1.78. The number of benzene rings is 2. The number of Topliss-reactive ketones (excluding diaryl/α,β-unsaturated/α-hetero) is 1. The smallest absolute Gasteiger partial charge is 0.294 e. The van der Waals surface area contributed by atoms with Crippen molar-refractivity contribution in [3.63, 3.8) is 0 Å². The maximum atomic E-state index is 13.1. The Kier molecular flexibility index (Phi) is 5.00. The summed E-state index contributed by atoms with van der Waals surface area (Å²) in [6.07, 6.45) is 1.81. The maximum Gasteiger partial charge on any atom is 0.294 e. The number of nitrogens with zero attached hydrogens (tertiary/aromatic N) is 1. The molecule has 0 radical (unpaired) electrons. The van der Waals surface area contributed by atoms with Crippen LogP contribution < -0.4 is 5.32 Å². The van der Waals surface area contributed by atoms with Crippen LogP contribution in [0.1, 0.15) is 27.2 Å². The Morgan fingerprint density at radius 3 is 2.21 bits per heavy atom. The van der Waals surface area contributed by atoms with E-state index in [0.29, 0.717) is 12.2 Å². The fourth-order valence-corrected chi connectivity index (χ4v) is 3.38. The summed E-state index contributed by atoms with van der Waals surface area (Å²) in [6.45, 7) is 4.34. The molecule has 0 fully saturated rings. The van der Waals surface area contributed by atoms with E-state index >= 15 is 0 Å². The highest BCUT2D eigenvalue weighted by Crippen LogP contribution is 2.28. The highest BCUT2D eigenvalue weighted by atomic mass is 16.2. The predicted molar refractivity (Wildman–Crippen MR) is 115 cm³/mol. The maximum absolute atomic E-state index is 13.1. The minimum Gasteiger partial charge on any atom is -0.345 e. The number of ketones is 1. The lowest BCUT2D eigenvalue weighted by Crippen LogP contribution is -2.31. The van der Waals surface area contributed by atoms with E-state index < -0.39 is 11.7 Å². The molecule has 2 aromatic heterocycles. The Morgan fingerprint density at radius 2 is 1.52 bits per heavy atom. The number of aromatic nitrogens is 1. The average molecular weight is 382 g/mol. The first-order valence-electron chi connectivity index (χ1n) is 9.58. The Bertz CT molecular complexity index is 1190. The predicted octanol–water partition coefficient (Wildman–Crippen LogP) is 4.72. The van der Waals surface area contributed by atoms with E-state index in [-0.39, 0.29) is 0 Å². The molecule has 29 heavy (non-hydrogen) atoms. The van der Waals surface area contributed by atoms with Gasteiger partial charge in [-0.25, -0.2) is 0 Å². The Labute approximate surface area is 169 Å². The van der Waals surface area contributed by atoms with Crippen molar-refractivity contribution >= 4 is 17.2 Å². The zero-order valence-corrected chi connectivity index (χ0v) is 16.5. The summed E-state index contributed by atoms with van der Waals surface area (Å²) in [6, 6.07) is 23.5. The Morgan fingerprint density at radius 1 is 0.862 bits per heavy atom. The second-order valence-electron chi connectivity index (χ2n) is 7.27. The Hall–Kier alpha value is -3.66. The van der Waals surface area contributed by atoms with Crippen LogP contribution in [-0.2, 0) is 11.3 Å². The van der Waals surface area contributed by atoms with E-state index in [0.717, 1.165) is 33.3 Å². The van der Waals surface area contributed by atoms with Crippen LogP contribution in [0.2, 0.25) is 0 Å². The van der Waals surface area contributed by atoms with E-state index in [1.54, 1.807) is 4.40 Å². The van der Waals surface area contributed by atoms with Gasteiger partial charge in [0.2, 0.25) is 0 Å². The molecule has 2 heterocycles. The van der Waals surface area contributed by atoms with Gasteiger partial charge in [-0.15, -0.1) is 0 Å². The number of fused-ring (bicyclic) bond motifs is 1. The molecule has 0 unspecified atom stereocenters. The summed E-state index contributed by atoms with van der Waals surface area (Å²) in [5, 5.41) is 2.76. The molecule has 0 saturated carbocycles. The lowest BCUT2D eigenvalue weighted by Gasteiger charge is -2.08. The topological polar surface area (TPSA) is 50.6 Å². The van der Waals surface area contributed by atoms with E-state index in [4.69, 9.17) is 0 Å². The standard InChI is InChI=1S/C25H22N2O2/c1-17-6-10-19(11-7-17)16-26-25(29)24(28)23-22(20-12-8-18(2)9-13-20)15-21-5-3-4-14-27(21)23/h3-15H,16H2,1-2H3,(H,26,29). The molecule has 4 aromatic rings. The molecule has 144 valence electrons. The van der Waals surface area contributed by atoms with Crippen LogP contribution in [0, 0.1) is 13.8 Å². The molecule has 4 heteroatoms. The number of amides is 1. The third-order valence-corrected chi connectivity index (χ3v) is 5.04. The van der Waals surface area contributed by atoms with Gasteiger partial charge in [0.25, 0.3) is 11.7 Å². The third-order valence-electron chi connectivity index (χ3n) is 5.04. The third kappa shape index (κ3) is 3.83. The van der Waals surface area contributed by atoms with Crippen LogP contribution in [0.4, 0.5) is 0 Å². The number of rotatable bonds is 5. The van der Waals surface area contributed by atoms with Crippen molar-refractivity contribution in [3.8, 4) is 11.1 Å². The monoisotopic (exact) mass is 382 g/mol. The zero-order chi connectivity index (χ0) is 20.4. The number of pyridine rings is 1. The van der Waals surface area contributed by atoms with Gasteiger partial charge in [0, 0.05) is 23.8 Å². The number of nitrogens with one attached hydrogen (secondary N) is 1. The van der Waals surface area contributed by atoms with Gasteiger partial charge in [0.1, 0.15) is 5.69 Å². The highest BCUT2D eigenvalue weighted by molar-refractivity contribution is 6.43. The fraction of sp³-hybridized carbons (Fsp3) is 0.120. The van der Waals surface area contributed by atoms with Crippen LogP contribution in [-0.4, -0.2) is 16.1 Å². The van der Waals surface area contributed by atoms with Gasteiger partial charge in [-0.05, 0) is 43.2 Å². The second kappa shape index (κ2) is 7.76. The first-order valence-corrected chi connectivity index (χ1v) is 9.58. The molecule has 2 aromatic carbocycles. The largest absolute Gasteiger partial charge is 0.345 e. The summed E-state index contributed by atoms with van der Waals surface area (Å²) in [4.78, 5) is 25.8. The summed E-state index contributed by atoms with van der Waals surface area (Å²) in [7, 11) is 0. The summed E-state index contributed by atoms with van der Waals surface area (Å²) in [5.41, 5.74) is 6.17. The van der Waals surface area contributed by atoms with Gasteiger partial charge in [0.15, 0.2) is 0 Å². The van der Waals surface area contributed by atoms with Gasteiger partial charge < -0.3 is 9.72 Å². The van der Waals surface area contributed by atoms with Gasteiger partial charge in [-0.3, -0.25) is 9.59 Å². The number of aryl methyl sites for hydroxylation is 2. The lowest BCUT2D eigenvalue weighted by molar-refractivity contribution is -0.117. The summed E-state index contributed by atoms with van der Waals surface area (Å²) in [5.74, 6) is -1.15. The molecule has 0 aliphatic carbocycles. The molecule has 0 aliphatic rings. The molecule has 1 amide bonds. The molecule has 4 rings (SSSR count). The van der Waals surface area contributed by atoms with E-state index in [1.165, 1.54) is 0 Å². The fourth-order valence-electron chi connectivity index (χ4n) is 3.38. The molecule has 0 atom stereocenters. The SMILES string of the molecule is Cc1ccc(CNC(=O)C(=O)c2c(-c3ccc(C)cc3)cc3ccccn23)cc1. The van der Waals surface area contributed by atoms with Crippen molar-refractivity contribution in [1.29, 1.82) is 0 Å².